The van der Waals surface area contributed by atoms with Gasteiger partial charge in [-0.05, 0) is 50.2 Å². The number of hydrogen-bond acceptors (Lipinski definition) is 5. The summed E-state index contributed by atoms with van der Waals surface area (Å²) in [5.74, 6) is -0.0490. The van der Waals surface area contributed by atoms with Gasteiger partial charge >= 0.3 is 6.03 Å². The normalized spacial score (nSPS) is 25.6. The zero-order valence-electron chi connectivity index (χ0n) is 17.1. The van der Waals surface area contributed by atoms with Gasteiger partial charge in [0.2, 0.25) is 5.88 Å². The van der Waals surface area contributed by atoms with Gasteiger partial charge in [0.15, 0.2) is 0 Å². The van der Waals surface area contributed by atoms with Crippen LogP contribution in [0.2, 0.25) is 0 Å². The van der Waals surface area contributed by atoms with E-state index in [-0.39, 0.29) is 35.5 Å². The van der Waals surface area contributed by atoms with E-state index in [9.17, 15) is 14.4 Å². The van der Waals surface area contributed by atoms with Gasteiger partial charge in [-0.3, -0.25) is 14.5 Å². The second-order valence-corrected chi connectivity index (χ2v) is 8.11. The number of aromatic nitrogens is 1. The molecule has 2 atom stereocenters. The molecule has 1 aliphatic heterocycles. The second-order valence-electron chi connectivity index (χ2n) is 8.11. The van der Waals surface area contributed by atoms with E-state index in [0.29, 0.717) is 38.0 Å². The van der Waals surface area contributed by atoms with Gasteiger partial charge < -0.3 is 15.8 Å². The van der Waals surface area contributed by atoms with Gasteiger partial charge in [0.25, 0.3) is 11.8 Å². The highest BCUT2D eigenvalue weighted by Crippen LogP contribution is 2.30. The molecular formula is C21H30N4O4. The number of imide groups is 1. The van der Waals surface area contributed by atoms with E-state index >= 15 is 0 Å². The molecule has 2 unspecified atom stereocenters. The molecule has 8 nitrogen and oxygen atoms in total. The highest BCUT2D eigenvalue weighted by atomic mass is 16.5. The number of carbonyl (C=O) groups excluding carboxylic acids is 3. The Balaban J connectivity index is 1.56. The number of rotatable bonds is 8. The molecule has 0 aromatic carbocycles. The SMILES string of the molecule is CCCC(C)CC1NC(=O)N([C@H]2CC[C@H](Oc3ncccc3C(N)=O)CC2)C1=O. The van der Waals surface area contributed by atoms with Gasteiger partial charge in [0, 0.05) is 12.2 Å². The summed E-state index contributed by atoms with van der Waals surface area (Å²) in [6, 6.07) is 2.41. The lowest BCUT2D eigenvalue weighted by molar-refractivity contribution is -0.130. The van der Waals surface area contributed by atoms with Crippen LogP contribution in [0.5, 0.6) is 5.88 Å². The summed E-state index contributed by atoms with van der Waals surface area (Å²) >= 11 is 0. The molecule has 1 saturated carbocycles. The van der Waals surface area contributed by atoms with E-state index in [1.807, 2.05) is 0 Å². The number of amides is 4. The Labute approximate surface area is 171 Å². The third-order valence-electron chi connectivity index (χ3n) is 5.80. The van der Waals surface area contributed by atoms with Crippen molar-refractivity contribution in [2.75, 3.05) is 0 Å². The van der Waals surface area contributed by atoms with Crippen molar-refractivity contribution >= 4 is 17.8 Å². The third-order valence-corrected chi connectivity index (χ3v) is 5.80. The maximum absolute atomic E-state index is 12.8. The Kier molecular flexibility index (Phi) is 6.71. The summed E-state index contributed by atoms with van der Waals surface area (Å²) in [5.41, 5.74) is 5.63. The number of primary amides is 1. The minimum Gasteiger partial charge on any atom is -0.474 e. The number of nitrogens with zero attached hydrogens (tertiary/aromatic N) is 2. The maximum Gasteiger partial charge on any atom is 0.325 e. The smallest absolute Gasteiger partial charge is 0.325 e. The van der Waals surface area contributed by atoms with Crippen LogP contribution in [0.15, 0.2) is 18.3 Å². The van der Waals surface area contributed by atoms with E-state index in [4.69, 9.17) is 10.5 Å². The van der Waals surface area contributed by atoms with Crippen LogP contribution in [0.3, 0.4) is 0 Å². The Morgan fingerprint density at radius 3 is 2.72 bits per heavy atom. The zero-order valence-corrected chi connectivity index (χ0v) is 17.1. The Morgan fingerprint density at radius 2 is 2.07 bits per heavy atom. The molecule has 0 radical (unpaired) electrons. The summed E-state index contributed by atoms with van der Waals surface area (Å²) in [6.07, 6.45) is 6.91. The molecule has 3 rings (SSSR count). The lowest BCUT2D eigenvalue weighted by Gasteiger charge is -2.33. The van der Waals surface area contributed by atoms with Crippen molar-refractivity contribution in [1.82, 2.24) is 15.2 Å². The fraction of sp³-hybridized carbons (Fsp3) is 0.619. The van der Waals surface area contributed by atoms with Crippen LogP contribution >= 0.6 is 0 Å². The third kappa shape index (κ3) is 4.86. The molecule has 29 heavy (non-hydrogen) atoms. The monoisotopic (exact) mass is 402 g/mol. The summed E-state index contributed by atoms with van der Waals surface area (Å²) in [6.45, 7) is 4.24. The quantitative estimate of drug-likeness (QED) is 0.649. The number of nitrogens with one attached hydrogen (secondary N) is 1. The molecule has 2 fully saturated rings. The van der Waals surface area contributed by atoms with Crippen LogP contribution in [0, 0.1) is 5.92 Å². The van der Waals surface area contributed by atoms with E-state index in [1.54, 1.807) is 18.3 Å². The number of urea groups is 1. The highest BCUT2D eigenvalue weighted by Gasteiger charge is 2.43. The van der Waals surface area contributed by atoms with Gasteiger partial charge in [-0.1, -0.05) is 26.7 Å². The molecule has 1 saturated heterocycles. The Bertz CT molecular complexity index is 761. The molecule has 4 amide bonds. The second kappa shape index (κ2) is 9.24. The van der Waals surface area contributed by atoms with E-state index in [1.165, 1.54) is 4.90 Å². The van der Waals surface area contributed by atoms with Crippen LogP contribution in [-0.4, -0.2) is 45.9 Å². The molecule has 1 aromatic heterocycles. The van der Waals surface area contributed by atoms with Gasteiger partial charge in [0.05, 0.1) is 0 Å². The first-order valence-electron chi connectivity index (χ1n) is 10.5. The fourth-order valence-corrected chi connectivity index (χ4v) is 4.32. The summed E-state index contributed by atoms with van der Waals surface area (Å²) < 4.78 is 5.90. The minimum atomic E-state index is -0.579. The maximum atomic E-state index is 12.8. The first-order chi connectivity index (χ1) is 13.9. The predicted molar refractivity (Wildman–Crippen MR) is 107 cm³/mol. The predicted octanol–water partition coefficient (Wildman–Crippen LogP) is 2.62. The van der Waals surface area contributed by atoms with E-state index in [0.717, 1.165) is 12.8 Å². The van der Waals surface area contributed by atoms with Crippen molar-refractivity contribution in [2.45, 2.75) is 77.0 Å². The van der Waals surface area contributed by atoms with Crippen molar-refractivity contribution in [2.24, 2.45) is 11.7 Å². The molecule has 158 valence electrons. The van der Waals surface area contributed by atoms with Gasteiger partial charge in [-0.2, -0.15) is 0 Å². The Morgan fingerprint density at radius 1 is 1.34 bits per heavy atom. The van der Waals surface area contributed by atoms with E-state index in [2.05, 4.69) is 24.1 Å². The zero-order chi connectivity index (χ0) is 21.0. The van der Waals surface area contributed by atoms with Crippen LogP contribution < -0.4 is 15.8 Å². The molecular weight excluding hydrogens is 372 g/mol. The van der Waals surface area contributed by atoms with Crippen LogP contribution in [0.25, 0.3) is 0 Å². The molecule has 3 N–H and O–H groups in total. The number of hydrogen-bond donors (Lipinski definition) is 2. The summed E-state index contributed by atoms with van der Waals surface area (Å²) in [5, 5.41) is 2.86. The Hall–Kier alpha value is -2.64. The molecule has 8 heteroatoms. The summed E-state index contributed by atoms with van der Waals surface area (Å²) in [4.78, 5) is 42.3. The average Bonchev–Trinajstić information content (AvgIpc) is 2.96. The standard InChI is InChI=1S/C21H30N4O4/c1-3-5-13(2)12-17-20(27)25(21(28)24-17)14-7-9-15(10-8-14)29-19-16(18(22)26)6-4-11-23-19/h4,6,11,13-15,17H,3,5,7-10,12H2,1-2H3,(H2,22,26)(H,24,28)/t13?,14-,15-,17?. The fourth-order valence-electron chi connectivity index (χ4n) is 4.32. The van der Waals surface area contributed by atoms with Crippen LogP contribution in [0.4, 0.5) is 4.79 Å². The van der Waals surface area contributed by atoms with Crippen molar-refractivity contribution in [1.29, 1.82) is 0 Å². The molecule has 2 heterocycles. The first-order valence-corrected chi connectivity index (χ1v) is 10.5. The molecule has 1 aromatic rings. The van der Waals surface area contributed by atoms with Crippen molar-refractivity contribution in [3.63, 3.8) is 0 Å². The van der Waals surface area contributed by atoms with Crippen molar-refractivity contribution < 1.29 is 19.1 Å². The number of carbonyl (C=O) groups is 3. The average molecular weight is 402 g/mol. The lowest BCUT2D eigenvalue weighted by atomic mass is 9.91. The largest absolute Gasteiger partial charge is 0.474 e. The number of pyridine rings is 1. The van der Waals surface area contributed by atoms with Crippen LogP contribution in [0.1, 0.15) is 69.2 Å². The van der Waals surface area contributed by atoms with Crippen LogP contribution in [-0.2, 0) is 4.79 Å². The lowest BCUT2D eigenvalue weighted by Crippen LogP contribution is -2.44. The number of nitrogens with two attached hydrogens (primary N) is 1. The minimum absolute atomic E-state index is 0.108. The van der Waals surface area contributed by atoms with Gasteiger partial charge in [0.1, 0.15) is 17.7 Å². The molecule has 1 aliphatic carbocycles. The topological polar surface area (TPSA) is 115 Å². The van der Waals surface area contributed by atoms with Gasteiger partial charge in [-0.25, -0.2) is 9.78 Å². The van der Waals surface area contributed by atoms with Gasteiger partial charge in [-0.15, -0.1) is 0 Å². The highest BCUT2D eigenvalue weighted by molar-refractivity contribution is 6.04. The van der Waals surface area contributed by atoms with Crippen molar-refractivity contribution in [3.05, 3.63) is 23.9 Å². The molecule has 0 spiro atoms. The van der Waals surface area contributed by atoms with Crippen molar-refractivity contribution in [3.8, 4) is 5.88 Å². The number of ether oxygens (including phenoxy) is 1. The first kappa shape index (κ1) is 21.1. The molecule has 0 bridgehead atoms. The van der Waals surface area contributed by atoms with E-state index < -0.39 is 11.9 Å². The molecule has 2 aliphatic rings. The summed E-state index contributed by atoms with van der Waals surface area (Å²) in [7, 11) is 0.